The van der Waals surface area contributed by atoms with Crippen LogP contribution in [-0.4, -0.2) is 35.7 Å². The molecule has 1 N–H and O–H groups in total. The second kappa shape index (κ2) is 9.31. The maximum absolute atomic E-state index is 10.7. The SMILES string of the molecule is O=C(O)CCCC1CCN(Cc2ccc(C3COc4ccccc4O3)cc2)CC1. The summed E-state index contributed by atoms with van der Waals surface area (Å²) in [7, 11) is 0. The van der Waals surface area contributed by atoms with Gasteiger partial charge in [-0.15, -0.1) is 0 Å². The van der Waals surface area contributed by atoms with Gasteiger partial charge >= 0.3 is 5.97 Å². The van der Waals surface area contributed by atoms with E-state index in [0.717, 1.165) is 49.5 Å². The third kappa shape index (κ3) is 5.30. The number of benzene rings is 2. The molecule has 2 heterocycles. The molecular formula is C24H29NO4. The molecule has 2 aliphatic heterocycles. The summed E-state index contributed by atoms with van der Waals surface area (Å²) in [6, 6.07) is 16.5. The number of ether oxygens (including phenoxy) is 2. The van der Waals surface area contributed by atoms with E-state index in [1.807, 2.05) is 24.3 Å². The van der Waals surface area contributed by atoms with Gasteiger partial charge in [-0.05, 0) is 68.0 Å². The molecule has 0 aromatic heterocycles. The molecule has 0 saturated carbocycles. The highest BCUT2D eigenvalue weighted by molar-refractivity contribution is 5.66. The highest BCUT2D eigenvalue weighted by atomic mass is 16.6. The van der Waals surface area contributed by atoms with Crippen LogP contribution in [0.4, 0.5) is 0 Å². The summed E-state index contributed by atoms with van der Waals surface area (Å²) in [6.07, 6.45) is 4.42. The van der Waals surface area contributed by atoms with Gasteiger partial charge in [0.05, 0.1) is 0 Å². The fraction of sp³-hybridized carbons (Fsp3) is 0.458. The monoisotopic (exact) mass is 395 g/mol. The Morgan fingerprint density at radius 3 is 2.48 bits per heavy atom. The number of carboxylic acids is 1. The lowest BCUT2D eigenvalue weighted by atomic mass is 9.91. The Kier molecular flexibility index (Phi) is 6.35. The van der Waals surface area contributed by atoms with Gasteiger partial charge in [0.15, 0.2) is 17.6 Å². The van der Waals surface area contributed by atoms with Gasteiger partial charge in [-0.1, -0.05) is 36.4 Å². The van der Waals surface area contributed by atoms with Crippen molar-refractivity contribution >= 4 is 5.97 Å². The lowest BCUT2D eigenvalue weighted by Gasteiger charge is -2.32. The Bertz CT molecular complexity index is 812. The number of likely N-dealkylation sites (tertiary alicyclic amines) is 1. The molecular weight excluding hydrogens is 366 g/mol. The fourth-order valence-corrected chi connectivity index (χ4v) is 4.25. The average Bonchev–Trinajstić information content (AvgIpc) is 2.75. The first-order valence-corrected chi connectivity index (χ1v) is 10.6. The molecule has 1 saturated heterocycles. The molecule has 1 fully saturated rings. The summed E-state index contributed by atoms with van der Waals surface area (Å²) >= 11 is 0. The first kappa shape index (κ1) is 19.8. The van der Waals surface area contributed by atoms with Crippen LogP contribution in [0.3, 0.4) is 0 Å². The third-order valence-corrected chi connectivity index (χ3v) is 5.98. The Morgan fingerprint density at radius 1 is 1.03 bits per heavy atom. The molecule has 2 aliphatic rings. The van der Waals surface area contributed by atoms with E-state index in [9.17, 15) is 4.79 Å². The number of aliphatic carboxylic acids is 1. The van der Waals surface area contributed by atoms with Crippen LogP contribution < -0.4 is 9.47 Å². The van der Waals surface area contributed by atoms with E-state index >= 15 is 0 Å². The number of piperidine rings is 1. The first-order valence-electron chi connectivity index (χ1n) is 10.6. The predicted molar refractivity (Wildman–Crippen MR) is 111 cm³/mol. The van der Waals surface area contributed by atoms with E-state index in [4.69, 9.17) is 14.6 Å². The zero-order valence-corrected chi connectivity index (χ0v) is 16.8. The number of rotatable bonds is 7. The number of nitrogens with zero attached hydrogens (tertiary/aromatic N) is 1. The van der Waals surface area contributed by atoms with Crippen LogP contribution in [0, 0.1) is 5.92 Å². The topological polar surface area (TPSA) is 59.0 Å². The van der Waals surface area contributed by atoms with E-state index in [1.54, 1.807) is 0 Å². The van der Waals surface area contributed by atoms with E-state index in [0.29, 0.717) is 18.9 Å². The highest BCUT2D eigenvalue weighted by Crippen LogP contribution is 2.36. The first-order chi connectivity index (χ1) is 14.2. The molecule has 0 spiro atoms. The number of para-hydroxylation sites is 2. The van der Waals surface area contributed by atoms with E-state index in [-0.39, 0.29) is 6.10 Å². The van der Waals surface area contributed by atoms with Crippen LogP contribution in [-0.2, 0) is 11.3 Å². The molecule has 5 nitrogen and oxygen atoms in total. The second-order valence-corrected chi connectivity index (χ2v) is 8.11. The van der Waals surface area contributed by atoms with Gasteiger partial charge < -0.3 is 14.6 Å². The largest absolute Gasteiger partial charge is 0.485 e. The zero-order valence-electron chi connectivity index (χ0n) is 16.8. The van der Waals surface area contributed by atoms with Crippen LogP contribution in [0.25, 0.3) is 0 Å². The molecule has 2 aromatic carbocycles. The highest BCUT2D eigenvalue weighted by Gasteiger charge is 2.23. The summed E-state index contributed by atoms with van der Waals surface area (Å²) in [5.41, 5.74) is 2.45. The minimum Gasteiger partial charge on any atom is -0.485 e. The Hall–Kier alpha value is -2.53. The van der Waals surface area contributed by atoms with Gasteiger partial charge in [-0.2, -0.15) is 0 Å². The van der Waals surface area contributed by atoms with E-state index in [2.05, 4.69) is 29.2 Å². The van der Waals surface area contributed by atoms with Crippen molar-refractivity contribution in [2.75, 3.05) is 19.7 Å². The number of hydrogen-bond acceptors (Lipinski definition) is 4. The van der Waals surface area contributed by atoms with E-state index < -0.39 is 5.97 Å². The van der Waals surface area contributed by atoms with Crippen LogP contribution in [0.1, 0.15) is 49.3 Å². The van der Waals surface area contributed by atoms with Gasteiger partial charge in [0.25, 0.3) is 0 Å². The maximum atomic E-state index is 10.7. The van der Waals surface area contributed by atoms with Gasteiger partial charge in [-0.3, -0.25) is 9.69 Å². The van der Waals surface area contributed by atoms with Crippen LogP contribution in [0.2, 0.25) is 0 Å². The van der Waals surface area contributed by atoms with Crippen molar-refractivity contribution in [2.45, 2.75) is 44.8 Å². The molecule has 0 aliphatic carbocycles. The molecule has 0 amide bonds. The summed E-state index contributed by atoms with van der Waals surface area (Å²) in [5.74, 6) is 1.62. The van der Waals surface area contributed by atoms with Crippen molar-refractivity contribution in [3.63, 3.8) is 0 Å². The molecule has 1 unspecified atom stereocenters. The maximum Gasteiger partial charge on any atom is 0.303 e. The summed E-state index contributed by atoms with van der Waals surface area (Å²) in [6.45, 7) is 3.68. The molecule has 4 rings (SSSR count). The standard InChI is InChI=1S/C24H29NO4/c26-24(27)7-3-4-18-12-14-25(15-13-18)16-19-8-10-20(11-9-19)23-17-28-21-5-1-2-6-22(21)29-23/h1-2,5-6,8-11,18,23H,3-4,7,12-17H2,(H,26,27). The fourth-order valence-electron chi connectivity index (χ4n) is 4.25. The van der Waals surface area contributed by atoms with Crippen LogP contribution in [0.5, 0.6) is 11.5 Å². The third-order valence-electron chi connectivity index (χ3n) is 5.98. The molecule has 0 bridgehead atoms. The minimum absolute atomic E-state index is 0.0690. The number of carbonyl (C=O) groups is 1. The lowest BCUT2D eigenvalue weighted by Crippen LogP contribution is -2.33. The number of hydrogen-bond donors (Lipinski definition) is 1. The van der Waals surface area contributed by atoms with Crippen molar-refractivity contribution in [1.29, 1.82) is 0 Å². The predicted octanol–water partition coefficient (Wildman–Crippen LogP) is 4.67. The van der Waals surface area contributed by atoms with Gasteiger partial charge in [0, 0.05) is 13.0 Å². The summed E-state index contributed by atoms with van der Waals surface area (Å²) < 4.78 is 11.9. The number of fused-ring (bicyclic) bond motifs is 1. The lowest BCUT2D eigenvalue weighted by molar-refractivity contribution is -0.137. The molecule has 1 atom stereocenters. The van der Waals surface area contributed by atoms with Gasteiger partial charge in [0.2, 0.25) is 0 Å². The minimum atomic E-state index is -0.680. The van der Waals surface area contributed by atoms with Crippen molar-refractivity contribution in [2.24, 2.45) is 5.92 Å². The zero-order chi connectivity index (χ0) is 20.1. The molecule has 2 aromatic rings. The van der Waals surface area contributed by atoms with Gasteiger partial charge in [0.1, 0.15) is 6.61 Å². The second-order valence-electron chi connectivity index (χ2n) is 8.11. The normalized spacial score (nSPS) is 19.8. The smallest absolute Gasteiger partial charge is 0.303 e. The van der Waals surface area contributed by atoms with Crippen molar-refractivity contribution in [1.82, 2.24) is 4.90 Å². The molecule has 5 heteroatoms. The Labute approximate surface area is 172 Å². The summed E-state index contributed by atoms with van der Waals surface area (Å²) in [5, 5.41) is 8.77. The van der Waals surface area contributed by atoms with E-state index in [1.165, 1.54) is 18.4 Å². The number of carboxylic acid groups (broad SMARTS) is 1. The van der Waals surface area contributed by atoms with Crippen molar-refractivity contribution < 1.29 is 19.4 Å². The quantitative estimate of drug-likeness (QED) is 0.738. The van der Waals surface area contributed by atoms with Crippen LogP contribution in [0.15, 0.2) is 48.5 Å². The Morgan fingerprint density at radius 2 is 1.76 bits per heavy atom. The van der Waals surface area contributed by atoms with Crippen molar-refractivity contribution in [3.05, 3.63) is 59.7 Å². The average molecular weight is 395 g/mol. The van der Waals surface area contributed by atoms with Crippen LogP contribution >= 0.6 is 0 Å². The summed E-state index contributed by atoms with van der Waals surface area (Å²) in [4.78, 5) is 13.2. The molecule has 0 radical (unpaired) electrons. The Balaban J connectivity index is 1.25. The van der Waals surface area contributed by atoms with Crippen molar-refractivity contribution in [3.8, 4) is 11.5 Å². The molecule has 154 valence electrons. The molecule has 29 heavy (non-hydrogen) atoms. The van der Waals surface area contributed by atoms with Gasteiger partial charge in [-0.25, -0.2) is 0 Å².